The fourth-order valence-electron chi connectivity index (χ4n) is 4.07. The molecule has 0 heterocycles. The molecule has 0 aliphatic heterocycles. The number of carbonyl (C=O) groups is 2. The highest BCUT2D eigenvalue weighted by atomic mass is 35.5. The first-order valence-corrected chi connectivity index (χ1v) is 14.9. The topological polar surface area (TPSA) is 96.0 Å². The number of para-hydroxylation sites is 2. The van der Waals surface area contributed by atoms with Crippen LogP contribution in [-0.2, 0) is 26.2 Å². The van der Waals surface area contributed by atoms with E-state index in [1.54, 1.807) is 74.5 Å². The van der Waals surface area contributed by atoms with Crippen LogP contribution in [0.2, 0.25) is 5.02 Å². The van der Waals surface area contributed by atoms with Gasteiger partial charge in [-0.1, -0.05) is 53.6 Å². The standard InChI is InChI=1S/C30H36ClN3O5S/c1-6-39-28-10-8-7-9-27(28)34(40(37,38)26-17-11-22(4)12-18-26)20-29(35)33(23(5)30(36)32-21(2)3)19-24-13-15-25(31)16-14-24/h7-18,21,23H,6,19-20H2,1-5H3,(H,32,36). The van der Waals surface area contributed by atoms with Crippen molar-refractivity contribution in [3.8, 4) is 5.75 Å². The van der Waals surface area contributed by atoms with Gasteiger partial charge in [0.1, 0.15) is 18.3 Å². The van der Waals surface area contributed by atoms with E-state index in [0.29, 0.717) is 17.4 Å². The largest absolute Gasteiger partial charge is 0.492 e. The Kier molecular flexibility index (Phi) is 10.6. The fourth-order valence-corrected chi connectivity index (χ4v) is 5.62. The summed E-state index contributed by atoms with van der Waals surface area (Å²) in [6.07, 6.45) is 0. The van der Waals surface area contributed by atoms with Crippen molar-refractivity contribution < 1.29 is 22.7 Å². The molecule has 1 N–H and O–H groups in total. The number of hydrogen-bond acceptors (Lipinski definition) is 5. The molecule has 0 aliphatic carbocycles. The Balaban J connectivity index is 2.08. The summed E-state index contributed by atoms with van der Waals surface area (Å²) in [6.45, 7) is 8.77. The number of benzene rings is 3. The predicted octanol–water partition coefficient (Wildman–Crippen LogP) is 5.18. The van der Waals surface area contributed by atoms with Crippen molar-refractivity contribution in [2.45, 2.75) is 58.1 Å². The average molecular weight is 586 g/mol. The number of anilines is 1. The summed E-state index contributed by atoms with van der Waals surface area (Å²) < 4.78 is 34.8. The van der Waals surface area contributed by atoms with Crippen LogP contribution in [0.1, 0.15) is 38.8 Å². The van der Waals surface area contributed by atoms with Crippen LogP contribution in [0.15, 0.2) is 77.7 Å². The van der Waals surface area contributed by atoms with Crippen molar-refractivity contribution in [1.29, 1.82) is 0 Å². The zero-order valence-electron chi connectivity index (χ0n) is 23.4. The molecular formula is C30H36ClN3O5S. The number of carbonyl (C=O) groups excluding carboxylic acids is 2. The minimum absolute atomic E-state index is 0.0343. The number of amides is 2. The molecule has 0 saturated heterocycles. The maximum atomic E-state index is 14.0. The monoisotopic (exact) mass is 585 g/mol. The average Bonchev–Trinajstić information content (AvgIpc) is 2.91. The summed E-state index contributed by atoms with van der Waals surface area (Å²) >= 11 is 6.05. The van der Waals surface area contributed by atoms with E-state index < -0.39 is 28.5 Å². The molecule has 3 aromatic rings. The first-order valence-electron chi connectivity index (χ1n) is 13.1. The minimum atomic E-state index is -4.20. The zero-order chi connectivity index (χ0) is 29.4. The maximum Gasteiger partial charge on any atom is 0.264 e. The SMILES string of the molecule is CCOc1ccccc1N(CC(=O)N(Cc1ccc(Cl)cc1)C(C)C(=O)NC(C)C)S(=O)(=O)c1ccc(C)cc1. The van der Waals surface area contributed by atoms with Gasteiger partial charge in [-0.3, -0.25) is 13.9 Å². The van der Waals surface area contributed by atoms with Gasteiger partial charge in [-0.25, -0.2) is 8.42 Å². The second-order valence-electron chi connectivity index (χ2n) is 9.71. The van der Waals surface area contributed by atoms with Crippen molar-refractivity contribution in [1.82, 2.24) is 10.2 Å². The van der Waals surface area contributed by atoms with E-state index in [0.717, 1.165) is 15.4 Å². The highest BCUT2D eigenvalue weighted by molar-refractivity contribution is 7.92. The van der Waals surface area contributed by atoms with Gasteiger partial charge < -0.3 is 15.0 Å². The first-order chi connectivity index (χ1) is 18.9. The van der Waals surface area contributed by atoms with Crippen molar-refractivity contribution in [3.63, 3.8) is 0 Å². The number of sulfonamides is 1. The van der Waals surface area contributed by atoms with Gasteiger partial charge in [0.25, 0.3) is 10.0 Å². The third kappa shape index (κ3) is 7.76. The number of rotatable bonds is 12. The smallest absolute Gasteiger partial charge is 0.264 e. The molecule has 2 amide bonds. The Hall–Kier alpha value is -3.56. The Morgan fingerprint density at radius 3 is 2.17 bits per heavy atom. The van der Waals surface area contributed by atoms with Crippen molar-refractivity contribution in [3.05, 3.63) is 88.9 Å². The second-order valence-corrected chi connectivity index (χ2v) is 12.0. The van der Waals surface area contributed by atoms with Crippen LogP contribution >= 0.6 is 11.6 Å². The second kappa shape index (κ2) is 13.7. The number of ether oxygens (including phenoxy) is 1. The number of nitrogens with one attached hydrogen (secondary N) is 1. The normalized spacial score (nSPS) is 12.1. The van der Waals surface area contributed by atoms with Crippen molar-refractivity contribution in [2.75, 3.05) is 17.5 Å². The van der Waals surface area contributed by atoms with Crippen LogP contribution < -0.4 is 14.4 Å². The molecule has 0 aromatic heterocycles. The lowest BCUT2D eigenvalue weighted by Gasteiger charge is -2.32. The van der Waals surface area contributed by atoms with Crippen LogP contribution in [0.4, 0.5) is 5.69 Å². The van der Waals surface area contributed by atoms with Gasteiger partial charge in [0.2, 0.25) is 11.8 Å². The van der Waals surface area contributed by atoms with E-state index >= 15 is 0 Å². The van der Waals surface area contributed by atoms with Crippen LogP contribution in [0, 0.1) is 6.92 Å². The maximum absolute atomic E-state index is 14.0. The van der Waals surface area contributed by atoms with Gasteiger partial charge in [-0.15, -0.1) is 0 Å². The summed E-state index contributed by atoms with van der Waals surface area (Å²) in [7, 11) is -4.20. The van der Waals surface area contributed by atoms with E-state index in [4.69, 9.17) is 16.3 Å². The lowest BCUT2D eigenvalue weighted by Crippen LogP contribution is -2.52. The van der Waals surface area contributed by atoms with Crippen molar-refractivity contribution in [2.24, 2.45) is 0 Å². The quantitative estimate of drug-likeness (QED) is 0.316. The molecule has 0 spiro atoms. The van der Waals surface area contributed by atoms with Crippen LogP contribution in [0.5, 0.6) is 5.75 Å². The van der Waals surface area contributed by atoms with Gasteiger partial charge in [0, 0.05) is 17.6 Å². The molecule has 0 fully saturated rings. The molecule has 0 bridgehead atoms. The first kappa shape index (κ1) is 31.0. The molecule has 1 atom stereocenters. The van der Waals surface area contributed by atoms with Crippen LogP contribution in [-0.4, -0.2) is 50.4 Å². The van der Waals surface area contributed by atoms with E-state index in [1.807, 2.05) is 20.8 Å². The molecular weight excluding hydrogens is 550 g/mol. The Bertz CT molecular complexity index is 1410. The van der Waals surface area contributed by atoms with Gasteiger partial charge in [-0.2, -0.15) is 0 Å². The lowest BCUT2D eigenvalue weighted by molar-refractivity contribution is -0.139. The van der Waals surface area contributed by atoms with E-state index in [-0.39, 0.29) is 29.1 Å². The highest BCUT2D eigenvalue weighted by Gasteiger charge is 2.33. The number of nitrogens with zero attached hydrogens (tertiary/aromatic N) is 2. The van der Waals surface area contributed by atoms with E-state index in [1.165, 1.54) is 17.0 Å². The molecule has 0 aliphatic rings. The molecule has 1 unspecified atom stereocenters. The number of halogens is 1. The van der Waals surface area contributed by atoms with Gasteiger partial charge >= 0.3 is 0 Å². The number of aryl methyl sites for hydroxylation is 1. The molecule has 0 radical (unpaired) electrons. The molecule has 0 saturated carbocycles. The van der Waals surface area contributed by atoms with E-state index in [9.17, 15) is 18.0 Å². The summed E-state index contributed by atoms with van der Waals surface area (Å²) in [5.74, 6) is -0.577. The summed E-state index contributed by atoms with van der Waals surface area (Å²) in [5, 5.41) is 3.38. The molecule has 3 rings (SSSR count). The third-order valence-corrected chi connectivity index (χ3v) is 8.21. The summed E-state index contributed by atoms with van der Waals surface area (Å²) in [5.41, 5.74) is 1.86. The minimum Gasteiger partial charge on any atom is -0.492 e. The summed E-state index contributed by atoms with van der Waals surface area (Å²) in [4.78, 5) is 28.4. The van der Waals surface area contributed by atoms with Gasteiger partial charge in [-0.05, 0) is 76.6 Å². The van der Waals surface area contributed by atoms with Crippen LogP contribution in [0.25, 0.3) is 0 Å². The highest BCUT2D eigenvalue weighted by Crippen LogP contribution is 2.33. The Labute approximate surface area is 241 Å². The Morgan fingerprint density at radius 1 is 0.950 bits per heavy atom. The van der Waals surface area contributed by atoms with E-state index in [2.05, 4.69) is 5.32 Å². The molecule has 10 heteroatoms. The zero-order valence-corrected chi connectivity index (χ0v) is 25.0. The predicted molar refractivity (Wildman–Crippen MR) is 158 cm³/mol. The van der Waals surface area contributed by atoms with Gasteiger partial charge in [0.05, 0.1) is 17.2 Å². The van der Waals surface area contributed by atoms with Crippen molar-refractivity contribution >= 4 is 39.1 Å². The number of hydrogen-bond donors (Lipinski definition) is 1. The molecule has 3 aromatic carbocycles. The molecule has 8 nitrogen and oxygen atoms in total. The van der Waals surface area contributed by atoms with Crippen LogP contribution in [0.3, 0.4) is 0 Å². The summed E-state index contributed by atoms with van der Waals surface area (Å²) in [6, 6.07) is 19.0. The molecule has 40 heavy (non-hydrogen) atoms. The fraction of sp³-hybridized carbons (Fsp3) is 0.333. The van der Waals surface area contributed by atoms with Gasteiger partial charge in [0.15, 0.2) is 0 Å². The molecule has 214 valence electrons. The Morgan fingerprint density at radius 2 is 1.57 bits per heavy atom. The lowest BCUT2D eigenvalue weighted by atomic mass is 10.1. The third-order valence-electron chi connectivity index (χ3n) is 6.19.